The molecule has 2 rings (SSSR count). The molecule has 1 aromatic heterocycles. The van der Waals surface area contributed by atoms with E-state index in [9.17, 15) is 8.78 Å². The third kappa shape index (κ3) is 3.22. The highest BCUT2D eigenvalue weighted by Gasteiger charge is 2.20. The van der Waals surface area contributed by atoms with Crippen molar-refractivity contribution in [1.82, 2.24) is 10.3 Å². The summed E-state index contributed by atoms with van der Waals surface area (Å²) in [4.78, 5) is 5.67. The molecule has 0 aliphatic rings. The maximum Gasteiger partial charge on any atom is 0.159 e. The summed E-state index contributed by atoms with van der Waals surface area (Å²) in [5.41, 5.74) is 1.66. The van der Waals surface area contributed by atoms with Crippen molar-refractivity contribution in [1.29, 1.82) is 0 Å². The maximum absolute atomic E-state index is 13.5. The molecular formula is C15H18F2N2S. The smallest absolute Gasteiger partial charge is 0.159 e. The molecule has 20 heavy (non-hydrogen) atoms. The summed E-state index contributed by atoms with van der Waals surface area (Å²) in [7, 11) is 0. The van der Waals surface area contributed by atoms with Crippen LogP contribution in [0.3, 0.4) is 0 Å². The molecule has 0 aliphatic carbocycles. The van der Waals surface area contributed by atoms with E-state index in [0.29, 0.717) is 5.56 Å². The topological polar surface area (TPSA) is 24.9 Å². The van der Waals surface area contributed by atoms with E-state index in [4.69, 9.17) is 0 Å². The van der Waals surface area contributed by atoms with Gasteiger partial charge in [0, 0.05) is 10.9 Å². The van der Waals surface area contributed by atoms with Gasteiger partial charge in [-0.05, 0) is 45.4 Å². The van der Waals surface area contributed by atoms with Gasteiger partial charge in [0.2, 0.25) is 0 Å². The Hall–Kier alpha value is -1.33. The van der Waals surface area contributed by atoms with E-state index < -0.39 is 11.6 Å². The van der Waals surface area contributed by atoms with Crippen LogP contribution < -0.4 is 5.32 Å². The Morgan fingerprint density at radius 3 is 2.35 bits per heavy atom. The molecule has 2 nitrogen and oxygen atoms in total. The van der Waals surface area contributed by atoms with Crippen LogP contribution in [0.25, 0.3) is 0 Å². The average Bonchev–Trinajstić information content (AvgIpc) is 2.70. The predicted molar refractivity (Wildman–Crippen MR) is 78.1 cm³/mol. The number of halogens is 2. The number of thiazole rings is 1. The van der Waals surface area contributed by atoms with Crippen LogP contribution in [-0.4, -0.2) is 11.0 Å². The Morgan fingerprint density at radius 2 is 1.85 bits per heavy atom. The summed E-state index contributed by atoms with van der Waals surface area (Å²) < 4.78 is 26.5. The SMILES string of the molecule is Cc1nc(C(NC(C)C)c2ccc(F)c(F)c2)sc1C. The lowest BCUT2D eigenvalue weighted by molar-refractivity contribution is 0.495. The quantitative estimate of drug-likeness (QED) is 0.918. The van der Waals surface area contributed by atoms with Gasteiger partial charge in [-0.3, -0.25) is 0 Å². The Kier molecular flexibility index (Phi) is 4.50. The van der Waals surface area contributed by atoms with Gasteiger partial charge >= 0.3 is 0 Å². The molecule has 0 bridgehead atoms. The zero-order valence-corrected chi connectivity index (χ0v) is 12.8. The molecule has 0 spiro atoms. The fraction of sp³-hybridized carbons (Fsp3) is 0.400. The normalized spacial score (nSPS) is 12.9. The van der Waals surface area contributed by atoms with Gasteiger partial charge in [0.25, 0.3) is 0 Å². The molecule has 1 N–H and O–H groups in total. The summed E-state index contributed by atoms with van der Waals surface area (Å²) in [5.74, 6) is -1.66. The predicted octanol–water partition coefficient (Wildman–Crippen LogP) is 4.13. The van der Waals surface area contributed by atoms with Crippen molar-refractivity contribution >= 4 is 11.3 Å². The zero-order chi connectivity index (χ0) is 14.9. The van der Waals surface area contributed by atoms with Crippen LogP contribution in [0.1, 0.15) is 41.0 Å². The summed E-state index contributed by atoms with van der Waals surface area (Å²) >= 11 is 1.58. The number of nitrogens with one attached hydrogen (secondary N) is 1. The van der Waals surface area contributed by atoms with E-state index in [0.717, 1.165) is 21.6 Å². The van der Waals surface area contributed by atoms with Gasteiger partial charge in [0.05, 0.1) is 11.7 Å². The van der Waals surface area contributed by atoms with Gasteiger partial charge in [-0.25, -0.2) is 13.8 Å². The highest BCUT2D eigenvalue weighted by molar-refractivity contribution is 7.11. The summed E-state index contributed by atoms with van der Waals surface area (Å²) in [6, 6.07) is 3.99. The standard InChI is InChI=1S/C15H18F2N2S/c1-8(2)18-14(15-19-9(3)10(4)20-15)11-5-6-12(16)13(17)7-11/h5-8,14,18H,1-4H3. The molecule has 0 aliphatic heterocycles. The largest absolute Gasteiger partial charge is 0.302 e. The third-order valence-corrected chi connectivity index (χ3v) is 4.21. The molecule has 0 saturated heterocycles. The van der Waals surface area contributed by atoms with Gasteiger partial charge in [-0.15, -0.1) is 11.3 Å². The van der Waals surface area contributed by atoms with E-state index in [-0.39, 0.29) is 12.1 Å². The molecular weight excluding hydrogens is 278 g/mol. The minimum absolute atomic E-state index is 0.206. The Morgan fingerprint density at radius 1 is 1.15 bits per heavy atom. The first kappa shape index (κ1) is 15.1. The van der Waals surface area contributed by atoms with Crippen molar-refractivity contribution in [2.45, 2.75) is 39.8 Å². The molecule has 0 radical (unpaired) electrons. The van der Waals surface area contributed by atoms with Crippen LogP contribution >= 0.6 is 11.3 Å². The molecule has 1 atom stereocenters. The van der Waals surface area contributed by atoms with E-state index in [1.165, 1.54) is 6.07 Å². The highest BCUT2D eigenvalue weighted by atomic mass is 32.1. The van der Waals surface area contributed by atoms with Crippen molar-refractivity contribution in [2.24, 2.45) is 0 Å². The average molecular weight is 296 g/mol. The minimum atomic E-state index is -0.831. The van der Waals surface area contributed by atoms with Gasteiger partial charge in [0.15, 0.2) is 11.6 Å². The lowest BCUT2D eigenvalue weighted by atomic mass is 10.1. The van der Waals surface area contributed by atoms with E-state index in [1.54, 1.807) is 17.4 Å². The third-order valence-electron chi connectivity index (χ3n) is 3.07. The van der Waals surface area contributed by atoms with Crippen molar-refractivity contribution < 1.29 is 8.78 Å². The number of aryl methyl sites for hydroxylation is 2. The van der Waals surface area contributed by atoms with E-state index in [2.05, 4.69) is 10.3 Å². The Balaban J connectivity index is 2.43. The molecule has 1 aromatic carbocycles. The van der Waals surface area contributed by atoms with Crippen molar-refractivity contribution in [3.8, 4) is 0 Å². The fourth-order valence-electron chi connectivity index (χ4n) is 1.96. The second-order valence-electron chi connectivity index (χ2n) is 5.12. The minimum Gasteiger partial charge on any atom is -0.302 e. The number of benzene rings is 1. The highest BCUT2D eigenvalue weighted by Crippen LogP contribution is 2.29. The lowest BCUT2D eigenvalue weighted by Crippen LogP contribution is -2.29. The van der Waals surface area contributed by atoms with Gasteiger partial charge in [-0.1, -0.05) is 6.07 Å². The van der Waals surface area contributed by atoms with Gasteiger partial charge in [0.1, 0.15) is 5.01 Å². The number of hydrogen-bond donors (Lipinski definition) is 1. The Bertz CT molecular complexity index is 588. The van der Waals surface area contributed by atoms with Crippen molar-refractivity contribution in [3.05, 3.63) is 51.0 Å². The first-order valence-electron chi connectivity index (χ1n) is 6.53. The first-order valence-corrected chi connectivity index (χ1v) is 7.35. The molecule has 5 heteroatoms. The monoisotopic (exact) mass is 296 g/mol. The maximum atomic E-state index is 13.5. The molecule has 0 amide bonds. The van der Waals surface area contributed by atoms with Gasteiger partial charge < -0.3 is 5.32 Å². The summed E-state index contributed by atoms with van der Waals surface area (Å²) in [5, 5.41) is 4.23. The lowest BCUT2D eigenvalue weighted by Gasteiger charge is -2.20. The van der Waals surface area contributed by atoms with Crippen LogP contribution in [0.15, 0.2) is 18.2 Å². The van der Waals surface area contributed by atoms with Crippen LogP contribution in [0.4, 0.5) is 8.78 Å². The number of rotatable bonds is 4. The van der Waals surface area contributed by atoms with Gasteiger partial charge in [-0.2, -0.15) is 0 Å². The number of nitrogens with zero attached hydrogens (tertiary/aromatic N) is 1. The van der Waals surface area contributed by atoms with Crippen LogP contribution in [-0.2, 0) is 0 Å². The Labute approximate surface area is 121 Å². The van der Waals surface area contributed by atoms with Crippen LogP contribution in [0.5, 0.6) is 0 Å². The fourth-order valence-corrected chi connectivity index (χ4v) is 2.97. The first-order chi connectivity index (χ1) is 9.38. The summed E-state index contributed by atoms with van der Waals surface area (Å²) in [6.07, 6.45) is 0. The molecule has 0 fully saturated rings. The van der Waals surface area contributed by atoms with Crippen molar-refractivity contribution in [3.63, 3.8) is 0 Å². The van der Waals surface area contributed by atoms with Crippen LogP contribution in [0, 0.1) is 25.5 Å². The molecule has 0 saturated carbocycles. The molecule has 108 valence electrons. The van der Waals surface area contributed by atoms with Crippen LogP contribution in [0.2, 0.25) is 0 Å². The molecule has 1 heterocycles. The number of hydrogen-bond acceptors (Lipinski definition) is 3. The second kappa shape index (κ2) is 5.97. The molecule has 1 unspecified atom stereocenters. The zero-order valence-electron chi connectivity index (χ0n) is 12.0. The van der Waals surface area contributed by atoms with E-state index in [1.807, 2.05) is 27.7 Å². The second-order valence-corrected chi connectivity index (χ2v) is 6.36. The van der Waals surface area contributed by atoms with E-state index >= 15 is 0 Å². The molecule has 2 aromatic rings. The van der Waals surface area contributed by atoms with Crippen molar-refractivity contribution in [2.75, 3.05) is 0 Å². The summed E-state index contributed by atoms with van der Waals surface area (Å²) in [6.45, 7) is 7.99. The number of aromatic nitrogens is 1.